The van der Waals surface area contributed by atoms with E-state index in [1.54, 1.807) is 34.1 Å². The molecule has 0 radical (unpaired) electrons. The number of likely N-dealkylation sites (tertiary alicyclic amines) is 1. The predicted molar refractivity (Wildman–Crippen MR) is 104 cm³/mol. The minimum absolute atomic E-state index is 0.0423. The highest BCUT2D eigenvalue weighted by atomic mass is 19.4. The Labute approximate surface area is 169 Å². The molecule has 1 aliphatic rings. The fourth-order valence-electron chi connectivity index (χ4n) is 3.73. The summed E-state index contributed by atoms with van der Waals surface area (Å²) in [7, 11) is 1.83. The second-order valence-electron chi connectivity index (χ2n) is 7.71. The summed E-state index contributed by atoms with van der Waals surface area (Å²) in [6, 6.07) is 7.37. The fourth-order valence-corrected chi connectivity index (χ4v) is 3.73. The number of carbonyl (C=O) groups is 1. The standard InChI is InChI=1S/C21H27F3N4O/c1-26(20(29)16-28-10-3-9-25-28)15-18-7-12-27(13-8-18)11-6-17-4-2-5-19(14-17)21(22,23)24/h2-5,9-10,14,18H,6-8,11-13,15-16H2,1H3. The zero-order chi connectivity index (χ0) is 20.9. The number of benzene rings is 1. The van der Waals surface area contributed by atoms with Crippen LogP contribution in [0.5, 0.6) is 0 Å². The average molecular weight is 408 g/mol. The molecule has 0 bridgehead atoms. The topological polar surface area (TPSA) is 41.4 Å². The first kappa shape index (κ1) is 21.4. The van der Waals surface area contributed by atoms with Crippen molar-refractivity contribution in [2.75, 3.05) is 33.2 Å². The highest BCUT2D eigenvalue weighted by Crippen LogP contribution is 2.29. The molecule has 0 spiro atoms. The van der Waals surface area contributed by atoms with E-state index in [0.29, 0.717) is 17.9 Å². The number of piperidine rings is 1. The summed E-state index contributed by atoms with van der Waals surface area (Å²) in [4.78, 5) is 16.3. The Kier molecular flexibility index (Phi) is 6.95. The van der Waals surface area contributed by atoms with Gasteiger partial charge in [-0.2, -0.15) is 18.3 Å². The molecule has 0 N–H and O–H groups in total. The molecule has 1 aromatic carbocycles. The van der Waals surface area contributed by atoms with Crippen molar-refractivity contribution in [3.63, 3.8) is 0 Å². The zero-order valence-corrected chi connectivity index (χ0v) is 16.6. The average Bonchev–Trinajstić information content (AvgIpc) is 3.20. The molecule has 8 heteroatoms. The van der Waals surface area contributed by atoms with Gasteiger partial charge in [0.1, 0.15) is 6.54 Å². The quantitative estimate of drug-likeness (QED) is 0.706. The SMILES string of the molecule is CN(CC1CCN(CCc2cccc(C(F)(F)F)c2)CC1)C(=O)Cn1cccn1. The lowest BCUT2D eigenvalue weighted by molar-refractivity contribution is -0.137. The van der Waals surface area contributed by atoms with E-state index in [1.807, 2.05) is 7.05 Å². The minimum Gasteiger partial charge on any atom is -0.344 e. The Bertz CT molecular complexity index is 783. The van der Waals surface area contributed by atoms with E-state index in [1.165, 1.54) is 12.1 Å². The number of hydrogen-bond acceptors (Lipinski definition) is 3. The monoisotopic (exact) mass is 408 g/mol. The number of aromatic nitrogens is 2. The molecule has 2 heterocycles. The summed E-state index contributed by atoms with van der Waals surface area (Å²) in [6.07, 6.45) is 1.72. The Hall–Kier alpha value is -2.35. The number of carbonyl (C=O) groups excluding carboxylic acids is 1. The van der Waals surface area contributed by atoms with E-state index < -0.39 is 11.7 Å². The number of alkyl halides is 3. The summed E-state index contributed by atoms with van der Waals surface area (Å²) < 4.78 is 40.1. The summed E-state index contributed by atoms with van der Waals surface area (Å²) in [5.74, 6) is 0.493. The van der Waals surface area contributed by atoms with Gasteiger partial charge in [-0.15, -0.1) is 0 Å². The van der Waals surface area contributed by atoms with Crippen LogP contribution < -0.4 is 0 Å². The van der Waals surface area contributed by atoms with Crippen molar-refractivity contribution in [3.8, 4) is 0 Å². The van der Waals surface area contributed by atoms with Crippen LogP contribution in [-0.4, -0.2) is 58.7 Å². The highest BCUT2D eigenvalue weighted by Gasteiger charge is 2.30. The summed E-state index contributed by atoms with van der Waals surface area (Å²) in [6.45, 7) is 3.54. The lowest BCUT2D eigenvalue weighted by Gasteiger charge is -2.34. The second-order valence-corrected chi connectivity index (χ2v) is 7.71. The summed E-state index contributed by atoms with van der Waals surface area (Å²) in [5.41, 5.74) is 0.127. The molecule has 1 fully saturated rings. The van der Waals surface area contributed by atoms with Gasteiger partial charge in [-0.3, -0.25) is 9.48 Å². The molecular weight excluding hydrogens is 381 g/mol. The van der Waals surface area contributed by atoms with Crippen LogP contribution in [0.1, 0.15) is 24.0 Å². The van der Waals surface area contributed by atoms with Crippen molar-refractivity contribution >= 4 is 5.91 Å². The van der Waals surface area contributed by atoms with Crippen LogP contribution in [0.2, 0.25) is 0 Å². The maximum absolute atomic E-state index is 12.8. The Morgan fingerprint density at radius 1 is 1.24 bits per heavy atom. The van der Waals surface area contributed by atoms with Gasteiger partial charge >= 0.3 is 6.18 Å². The first-order chi connectivity index (χ1) is 13.8. The van der Waals surface area contributed by atoms with Crippen LogP contribution in [0.15, 0.2) is 42.7 Å². The maximum Gasteiger partial charge on any atom is 0.416 e. The zero-order valence-electron chi connectivity index (χ0n) is 16.6. The van der Waals surface area contributed by atoms with Crippen molar-refractivity contribution in [2.24, 2.45) is 5.92 Å². The number of hydrogen-bond donors (Lipinski definition) is 0. The molecular formula is C21H27F3N4O. The number of likely N-dealkylation sites (N-methyl/N-ethyl adjacent to an activating group) is 1. The van der Waals surface area contributed by atoms with Gasteiger partial charge in [0.2, 0.25) is 5.91 Å². The Morgan fingerprint density at radius 2 is 2.00 bits per heavy atom. The molecule has 1 amide bonds. The van der Waals surface area contributed by atoms with E-state index >= 15 is 0 Å². The van der Waals surface area contributed by atoms with Gasteiger partial charge in [-0.1, -0.05) is 18.2 Å². The van der Waals surface area contributed by atoms with E-state index in [9.17, 15) is 18.0 Å². The third-order valence-corrected chi connectivity index (χ3v) is 5.49. The Morgan fingerprint density at radius 3 is 2.66 bits per heavy atom. The van der Waals surface area contributed by atoms with Gasteiger partial charge in [0.15, 0.2) is 0 Å². The van der Waals surface area contributed by atoms with Crippen molar-refractivity contribution in [1.82, 2.24) is 19.6 Å². The third-order valence-electron chi connectivity index (χ3n) is 5.49. The molecule has 3 rings (SSSR count). The molecule has 0 aliphatic carbocycles. The Balaban J connectivity index is 1.40. The van der Waals surface area contributed by atoms with E-state index in [-0.39, 0.29) is 12.5 Å². The summed E-state index contributed by atoms with van der Waals surface area (Å²) >= 11 is 0. The minimum atomic E-state index is -4.30. The third kappa shape index (κ3) is 6.32. The number of nitrogens with zero attached hydrogens (tertiary/aromatic N) is 4. The van der Waals surface area contributed by atoms with Gasteiger partial charge in [-0.25, -0.2) is 0 Å². The lowest BCUT2D eigenvalue weighted by Crippen LogP contribution is -2.40. The molecule has 1 aliphatic heterocycles. The van der Waals surface area contributed by atoms with Crippen LogP contribution in [0.25, 0.3) is 0 Å². The van der Waals surface area contributed by atoms with Gasteiger partial charge in [0.25, 0.3) is 0 Å². The lowest BCUT2D eigenvalue weighted by atomic mass is 9.96. The van der Waals surface area contributed by atoms with Crippen LogP contribution >= 0.6 is 0 Å². The van der Waals surface area contributed by atoms with E-state index in [0.717, 1.165) is 45.1 Å². The molecule has 5 nitrogen and oxygen atoms in total. The second kappa shape index (κ2) is 9.43. The highest BCUT2D eigenvalue weighted by molar-refractivity contribution is 5.75. The summed E-state index contributed by atoms with van der Waals surface area (Å²) in [5, 5.41) is 4.06. The smallest absolute Gasteiger partial charge is 0.344 e. The van der Waals surface area contributed by atoms with Crippen molar-refractivity contribution < 1.29 is 18.0 Å². The van der Waals surface area contributed by atoms with Crippen LogP contribution in [0.4, 0.5) is 13.2 Å². The van der Waals surface area contributed by atoms with Crippen LogP contribution in [0, 0.1) is 5.92 Å². The van der Waals surface area contributed by atoms with Gasteiger partial charge in [0, 0.05) is 32.5 Å². The van der Waals surface area contributed by atoms with E-state index in [2.05, 4.69) is 10.00 Å². The fraction of sp³-hybridized carbons (Fsp3) is 0.524. The molecule has 29 heavy (non-hydrogen) atoms. The van der Waals surface area contributed by atoms with Gasteiger partial charge < -0.3 is 9.80 Å². The van der Waals surface area contributed by atoms with E-state index in [4.69, 9.17) is 0 Å². The van der Waals surface area contributed by atoms with Crippen molar-refractivity contribution in [1.29, 1.82) is 0 Å². The first-order valence-electron chi connectivity index (χ1n) is 9.91. The number of halogens is 3. The number of rotatable bonds is 7. The normalized spacial score (nSPS) is 16.1. The molecule has 2 aromatic rings. The molecule has 0 atom stereocenters. The van der Waals surface area contributed by atoms with Gasteiger partial charge in [-0.05, 0) is 56.0 Å². The first-order valence-corrected chi connectivity index (χ1v) is 9.91. The molecule has 1 saturated heterocycles. The van der Waals surface area contributed by atoms with Crippen molar-refractivity contribution in [2.45, 2.75) is 32.0 Å². The molecule has 158 valence electrons. The molecule has 0 saturated carbocycles. The van der Waals surface area contributed by atoms with Crippen LogP contribution in [-0.2, 0) is 23.9 Å². The maximum atomic E-state index is 12.8. The predicted octanol–water partition coefficient (Wildman–Crippen LogP) is 3.32. The number of amides is 1. The van der Waals surface area contributed by atoms with Crippen LogP contribution in [0.3, 0.4) is 0 Å². The van der Waals surface area contributed by atoms with Gasteiger partial charge in [0.05, 0.1) is 5.56 Å². The van der Waals surface area contributed by atoms with Crippen molar-refractivity contribution in [3.05, 3.63) is 53.9 Å². The molecule has 1 aromatic heterocycles. The molecule has 0 unspecified atom stereocenters. The largest absolute Gasteiger partial charge is 0.416 e.